The van der Waals surface area contributed by atoms with E-state index >= 15 is 0 Å². The van der Waals surface area contributed by atoms with Crippen LogP contribution in [0.3, 0.4) is 0 Å². The van der Waals surface area contributed by atoms with Gasteiger partial charge in [0.1, 0.15) is 5.54 Å². The minimum atomic E-state index is -0.855. The number of ether oxygens (including phenoxy) is 1. The molecule has 0 bridgehead atoms. The van der Waals surface area contributed by atoms with Gasteiger partial charge in [-0.25, -0.2) is 0 Å². The standard InChI is InChI=1S/C13H23NO3S/c1-12(2,11(15)16)14-10-3-6-17-13(9-10)4-7-18-8-5-13/h10,14H,3-9H2,1-2H3,(H,15,16). The fourth-order valence-corrected chi connectivity index (χ4v) is 4.05. The van der Waals surface area contributed by atoms with Gasteiger partial charge in [-0.15, -0.1) is 0 Å². The van der Waals surface area contributed by atoms with E-state index < -0.39 is 11.5 Å². The van der Waals surface area contributed by atoms with E-state index in [1.54, 1.807) is 13.8 Å². The third-order valence-corrected chi connectivity index (χ3v) is 4.98. The van der Waals surface area contributed by atoms with Gasteiger partial charge in [0.25, 0.3) is 0 Å². The molecule has 0 aromatic heterocycles. The number of aliphatic carboxylic acids is 1. The van der Waals surface area contributed by atoms with Gasteiger partial charge in [-0.2, -0.15) is 11.8 Å². The Morgan fingerprint density at radius 3 is 2.72 bits per heavy atom. The molecule has 1 spiro atoms. The molecule has 0 saturated carbocycles. The van der Waals surface area contributed by atoms with E-state index in [0.717, 1.165) is 43.8 Å². The first-order valence-corrected chi connectivity index (χ1v) is 7.82. The molecule has 104 valence electrons. The van der Waals surface area contributed by atoms with E-state index in [4.69, 9.17) is 4.74 Å². The number of carboxylic acids is 1. The average Bonchev–Trinajstić information content (AvgIpc) is 2.29. The molecule has 0 radical (unpaired) electrons. The second kappa shape index (κ2) is 5.39. The number of carboxylic acid groups (broad SMARTS) is 1. The summed E-state index contributed by atoms with van der Waals surface area (Å²) in [5.41, 5.74) is -0.845. The fourth-order valence-electron chi connectivity index (χ4n) is 2.81. The summed E-state index contributed by atoms with van der Waals surface area (Å²) >= 11 is 1.99. The van der Waals surface area contributed by atoms with E-state index in [1.165, 1.54) is 0 Å². The van der Waals surface area contributed by atoms with Crippen molar-refractivity contribution in [2.24, 2.45) is 0 Å². The zero-order valence-corrected chi connectivity index (χ0v) is 12.0. The molecule has 0 aromatic carbocycles. The molecule has 2 rings (SSSR count). The van der Waals surface area contributed by atoms with Crippen molar-refractivity contribution in [1.82, 2.24) is 5.32 Å². The Bertz CT molecular complexity index is 308. The highest BCUT2D eigenvalue weighted by Crippen LogP contribution is 2.37. The number of rotatable bonds is 3. The molecule has 1 atom stereocenters. The lowest BCUT2D eigenvalue weighted by atomic mass is 9.84. The van der Waals surface area contributed by atoms with E-state index in [-0.39, 0.29) is 11.6 Å². The van der Waals surface area contributed by atoms with Crippen LogP contribution in [0.25, 0.3) is 0 Å². The van der Waals surface area contributed by atoms with Gasteiger partial charge in [0.05, 0.1) is 5.60 Å². The SMILES string of the molecule is CC(C)(NC1CCOC2(CCSCC2)C1)C(=O)O. The lowest BCUT2D eigenvalue weighted by Gasteiger charge is -2.44. The van der Waals surface area contributed by atoms with E-state index in [9.17, 15) is 9.90 Å². The van der Waals surface area contributed by atoms with Crippen LogP contribution in [0.4, 0.5) is 0 Å². The summed E-state index contributed by atoms with van der Waals surface area (Å²) in [4.78, 5) is 11.2. The fraction of sp³-hybridized carbons (Fsp3) is 0.923. The molecule has 2 aliphatic heterocycles. The van der Waals surface area contributed by atoms with Gasteiger partial charge < -0.3 is 9.84 Å². The van der Waals surface area contributed by atoms with Gasteiger partial charge in [-0.05, 0) is 51.0 Å². The molecule has 0 aliphatic carbocycles. The maximum absolute atomic E-state index is 11.2. The Morgan fingerprint density at radius 1 is 1.44 bits per heavy atom. The molecule has 2 aliphatic rings. The Morgan fingerprint density at radius 2 is 2.11 bits per heavy atom. The number of hydrogen-bond donors (Lipinski definition) is 2. The number of nitrogens with one attached hydrogen (secondary N) is 1. The Balaban J connectivity index is 1.96. The van der Waals surface area contributed by atoms with Crippen molar-refractivity contribution in [2.45, 2.75) is 56.7 Å². The highest BCUT2D eigenvalue weighted by Gasteiger charge is 2.41. The molecular weight excluding hydrogens is 250 g/mol. The molecule has 1 unspecified atom stereocenters. The van der Waals surface area contributed by atoms with E-state index in [1.807, 2.05) is 11.8 Å². The normalized spacial score (nSPS) is 28.2. The first-order chi connectivity index (χ1) is 8.44. The van der Waals surface area contributed by atoms with Crippen molar-refractivity contribution in [3.63, 3.8) is 0 Å². The summed E-state index contributed by atoms with van der Waals surface area (Å²) in [5.74, 6) is 1.53. The topological polar surface area (TPSA) is 58.6 Å². The molecule has 5 heteroatoms. The van der Waals surface area contributed by atoms with Crippen molar-refractivity contribution in [1.29, 1.82) is 0 Å². The predicted octanol–water partition coefficient (Wildman–Crippen LogP) is 1.88. The van der Waals surface area contributed by atoms with Gasteiger partial charge in [0.2, 0.25) is 0 Å². The van der Waals surface area contributed by atoms with Gasteiger partial charge in [-0.3, -0.25) is 10.1 Å². The van der Waals surface area contributed by atoms with Gasteiger partial charge in [-0.1, -0.05) is 0 Å². The van der Waals surface area contributed by atoms with Gasteiger partial charge >= 0.3 is 5.97 Å². The Hall–Kier alpha value is -0.260. The summed E-state index contributed by atoms with van der Waals surface area (Å²) in [6, 6.07) is 0.257. The van der Waals surface area contributed by atoms with Gasteiger partial charge in [0, 0.05) is 12.6 Å². The lowest BCUT2D eigenvalue weighted by molar-refractivity contribution is -0.145. The van der Waals surface area contributed by atoms with Crippen LogP contribution in [-0.4, -0.2) is 46.4 Å². The van der Waals surface area contributed by atoms with Crippen molar-refractivity contribution >= 4 is 17.7 Å². The number of carbonyl (C=O) groups is 1. The zero-order valence-electron chi connectivity index (χ0n) is 11.2. The zero-order chi connectivity index (χ0) is 13.2. The van der Waals surface area contributed by atoms with E-state index in [2.05, 4.69) is 5.32 Å². The predicted molar refractivity (Wildman–Crippen MR) is 73.1 cm³/mol. The molecule has 2 fully saturated rings. The van der Waals surface area contributed by atoms with Crippen molar-refractivity contribution in [3.05, 3.63) is 0 Å². The van der Waals surface area contributed by atoms with Crippen LogP contribution < -0.4 is 5.32 Å². The van der Waals surface area contributed by atoms with Crippen LogP contribution in [0.2, 0.25) is 0 Å². The monoisotopic (exact) mass is 273 g/mol. The van der Waals surface area contributed by atoms with Crippen molar-refractivity contribution < 1.29 is 14.6 Å². The van der Waals surface area contributed by atoms with Crippen LogP contribution in [0.1, 0.15) is 39.5 Å². The van der Waals surface area contributed by atoms with E-state index in [0.29, 0.717) is 0 Å². The van der Waals surface area contributed by atoms with Crippen molar-refractivity contribution in [3.8, 4) is 0 Å². The lowest BCUT2D eigenvalue weighted by Crippen LogP contribution is -2.56. The maximum Gasteiger partial charge on any atom is 0.323 e. The quantitative estimate of drug-likeness (QED) is 0.822. The molecule has 18 heavy (non-hydrogen) atoms. The molecule has 2 heterocycles. The van der Waals surface area contributed by atoms with Crippen LogP contribution >= 0.6 is 11.8 Å². The smallest absolute Gasteiger partial charge is 0.323 e. The molecule has 0 aromatic rings. The minimum absolute atomic E-state index is 0.00967. The highest BCUT2D eigenvalue weighted by atomic mass is 32.2. The molecular formula is C13H23NO3S. The largest absolute Gasteiger partial charge is 0.480 e. The van der Waals surface area contributed by atoms with Crippen molar-refractivity contribution in [2.75, 3.05) is 18.1 Å². The third kappa shape index (κ3) is 3.19. The second-order valence-corrected chi connectivity index (χ2v) is 7.13. The minimum Gasteiger partial charge on any atom is -0.480 e. The summed E-state index contributed by atoms with van der Waals surface area (Å²) in [5, 5.41) is 12.5. The average molecular weight is 273 g/mol. The molecule has 2 saturated heterocycles. The summed E-state index contributed by atoms with van der Waals surface area (Å²) in [7, 11) is 0. The number of hydrogen-bond acceptors (Lipinski definition) is 4. The highest BCUT2D eigenvalue weighted by molar-refractivity contribution is 7.99. The number of thioether (sulfide) groups is 1. The Kier molecular flexibility index (Phi) is 4.24. The summed E-state index contributed by atoms with van der Waals surface area (Å²) in [6.45, 7) is 4.21. The third-order valence-electron chi connectivity index (χ3n) is 4.00. The van der Waals surface area contributed by atoms with Crippen LogP contribution in [0.15, 0.2) is 0 Å². The first-order valence-electron chi connectivity index (χ1n) is 6.66. The second-order valence-electron chi connectivity index (χ2n) is 5.91. The van der Waals surface area contributed by atoms with Crippen LogP contribution in [-0.2, 0) is 9.53 Å². The van der Waals surface area contributed by atoms with Gasteiger partial charge in [0.15, 0.2) is 0 Å². The first kappa shape index (κ1) is 14.2. The van der Waals surface area contributed by atoms with Crippen LogP contribution in [0.5, 0.6) is 0 Å². The Labute approximate surface area is 113 Å². The summed E-state index contributed by atoms with van der Waals surface area (Å²) < 4.78 is 6.01. The maximum atomic E-state index is 11.2. The van der Waals surface area contributed by atoms with Crippen LogP contribution in [0, 0.1) is 0 Å². The molecule has 2 N–H and O–H groups in total. The molecule has 4 nitrogen and oxygen atoms in total. The molecule has 0 amide bonds. The summed E-state index contributed by atoms with van der Waals surface area (Å²) in [6.07, 6.45) is 4.06.